The van der Waals surface area contributed by atoms with E-state index in [1.54, 1.807) is 24.1 Å². The molecule has 1 aromatic rings. The van der Waals surface area contributed by atoms with Gasteiger partial charge in [-0.2, -0.15) is 0 Å². The molecule has 4 heteroatoms. The van der Waals surface area contributed by atoms with E-state index in [1.807, 2.05) is 6.92 Å². The van der Waals surface area contributed by atoms with Crippen molar-refractivity contribution in [3.05, 3.63) is 34.1 Å². The molecule has 1 aromatic carbocycles. The minimum atomic E-state index is -0.264. The maximum absolute atomic E-state index is 13.7. The molecular weight excluding hydrogens is 309 g/mol. The van der Waals surface area contributed by atoms with Gasteiger partial charge in [-0.3, -0.25) is 4.79 Å². The quantitative estimate of drug-likeness (QED) is 0.817. The molecule has 0 aromatic heterocycles. The Morgan fingerprint density at radius 3 is 2.68 bits per heavy atom. The van der Waals surface area contributed by atoms with E-state index < -0.39 is 0 Å². The molecule has 19 heavy (non-hydrogen) atoms. The molecule has 1 aliphatic rings. The maximum Gasteiger partial charge on any atom is 0.228 e. The van der Waals surface area contributed by atoms with Crippen LogP contribution in [0, 0.1) is 11.2 Å². The van der Waals surface area contributed by atoms with Crippen LogP contribution in [0.25, 0.3) is 0 Å². The summed E-state index contributed by atoms with van der Waals surface area (Å²) in [5, 5.41) is 0. The van der Waals surface area contributed by atoms with E-state index in [0.29, 0.717) is 12.1 Å². The lowest BCUT2D eigenvalue weighted by Gasteiger charge is -2.29. The molecular formula is C15H19BrFNO. The van der Waals surface area contributed by atoms with Gasteiger partial charge in [0.25, 0.3) is 0 Å². The second kappa shape index (κ2) is 5.61. The van der Waals surface area contributed by atoms with Gasteiger partial charge in [-0.05, 0) is 31.0 Å². The Kier molecular flexibility index (Phi) is 4.29. The van der Waals surface area contributed by atoms with Crippen LogP contribution in [-0.2, 0) is 11.3 Å². The van der Waals surface area contributed by atoms with Crippen LogP contribution in [0.4, 0.5) is 4.39 Å². The summed E-state index contributed by atoms with van der Waals surface area (Å²) in [6.07, 6.45) is 4.11. The molecule has 1 fully saturated rings. The number of halogens is 2. The summed E-state index contributed by atoms with van der Waals surface area (Å²) < 4.78 is 14.5. The van der Waals surface area contributed by atoms with Gasteiger partial charge in [-0.15, -0.1) is 0 Å². The molecule has 1 aliphatic carbocycles. The van der Waals surface area contributed by atoms with E-state index >= 15 is 0 Å². The minimum absolute atomic E-state index is 0.129. The molecule has 0 radical (unpaired) electrons. The van der Waals surface area contributed by atoms with Crippen molar-refractivity contribution in [3.8, 4) is 0 Å². The summed E-state index contributed by atoms with van der Waals surface area (Å²) in [6.45, 7) is 2.34. The van der Waals surface area contributed by atoms with Gasteiger partial charge in [0.15, 0.2) is 0 Å². The zero-order valence-electron chi connectivity index (χ0n) is 11.4. The monoisotopic (exact) mass is 327 g/mol. The van der Waals surface area contributed by atoms with Gasteiger partial charge in [0.2, 0.25) is 5.91 Å². The second-order valence-electron chi connectivity index (χ2n) is 5.66. The third-order valence-electron chi connectivity index (χ3n) is 3.99. The lowest BCUT2D eigenvalue weighted by Crippen LogP contribution is -2.38. The Morgan fingerprint density at radius 1 is 1.42 bits per heavy atom. The molecule has 104 valence electrons. The first-order valence-electron chi connectivity index (χ1n) is 6.62. The normalized spacial score (nSPS) is 17.5. The largest absolute Gasteiger partial charge is 0.341 e. The number of rotatable bonds is 3. The van der Waals surface area contributed by atoms with Crippen LogP contribution in [0.3, 0.4) is 0 Å². The van der Waals surface area contributed by atoms with Gasteiger partial charge in [-0.25, -0.2) is 4.39 Å². The Bertz CT molecular complexity index is 483. The zero-order chi connectivity index (χ0) is 14.0. The van der Waals surface area contributed by atoms with Crippen LogP contribution in [0.5, 0.6) is 0 Å². The first kappa shape index (κ1) is 14.5. The van der Waals surface area contributed by atoms with Crippen molar-refractivity contribution in [2.75, 3.05) is 7.05 Å². The van der Waals surface area contributed by atoms with Crippen molar-refractivity contribution >= 4 is 21.8 Å². The number of hydrogen-bond acceptors (Lipinski definition) is 1. The average molecular weight is 328 g/mol. The smallest absolute Gasteiger partial charge is 0.228 e. The fourth-order valence-corrected chi connectivity index (χ4v) is 3.23. The molecule has 0 bridgehead atoms. The van der Waals surface area contributed by atoms with E-state index in [1.165, 1.54) is 6.07 Å². The zero-order valence-corrected chi connectivity index (χ0v) is 13.0. The number of benzene rings is 1. The van der Waals surface area contributed by atoms with E-state index in [4.69, 9.17) is 0 Å². The number of nitrogens with zero attached hydrogens (tertiary/aromatic N) is 1. The molecule has 1 saturated carbocycles. The molecule has 0 spiro atoms. The standard InChI is InChI=1S/C15H19BrFNO/c1-15(7-3-4-8-15)14(19)18(2)10-11-9-12(16)5-6-13(11)17/h5-6,9H,3-4,7-8,10H2,1-2H3. The highest BCUT2D eigenvalue weighted by atomic mass is 79.9. The summed E-state index contributed by atoms with van der Waals surface area (Å²) in [6, 6.07) is 4.82. The van der Waals surface area contributed by atoms with Gasteiger partial charge in [0.05, 0.1) is 0 Å². The van der Waals surface area contributed by atoms with Crippen LogP contribution >= 0.6 is 15.9 Å². The first-order valence-corrected chi connectivity index (χ1v) is 7.41. The molecule has 0 aliphatic heterocycles. The van der Waals surface area contributed by atoms with Crippen molar-refractivity contribution in [2.45, 2.75) is 39.2 Å². The third kappa shape index (κ3) is 3.16. The van der Waals surface area contributed by atoms with E-state index in [9.17, 15) is 9.18 Å². The molecule has 0 atom stereocenters. The molecule has 0 N–H and O–H groups in total. The summed E-state index contributed by atoms with van der Waals surface area (Å²) in [4.78, 5) is 14.1. The van der Waals surface area contributed by atoms with E-state index in [0.717, 1.165) is 30.2 Å². The van der Waals surface area contributed by atoms with Crippen molar-refractivity contribution in [3.63, 3.8) is 0 Å². The summed E-state index contributed by atoms with van der Waals surface area (Å²) in [5.74, 6) is -0.135. The fourth-order valence-electron chi connectivity index (χ4n) is 2.82. The SMILES string of the molecule is CN(Cc1cc(Br)ccc1F)C(=O)C1(C)CCCC1. The fraction of sp³-hybridized carbons (Fsp3) is 0.533. The molecule has 2 rings (SSSR count). The lowest BCUT2D eigenvalue weighted by molar-refractivity contribution is -0.140. The maximum atomic E-state index is 13.7. The Balaban J connectivity index is 2.10. The number of hydrogen-bond donors (Lipinski definition) is 0. The third-order valence-corrected chi connectivity index (χ3v) is 4.48. The van der Waals surface area contributed by atoms with Crippen LogP contribution in [0.1, 0.15) is 38.2 Å². The van der Waals surface area contributed by atoms with Crippen LogP contribution in [-0.4, -0.2) is 17.9 Å². The topological polar surface area (TPSA) is 20.3 Å². The molecule has 0 saturated heterocycles. The summed E-state index contributed by atoms with van der Waals surface area (Å²) in [7, 11) is 1.76. The Morgan fingerprint density at radius 2 is 2.05 bits per heavy atom. The van der Waals surface area contributed by atoms with Crippen molar-refractivity contribution in [2.24, 2.45) is 5.41 Å². The van der Waals surface area contributed by atoms with Gasteiger partial charge >= 0.3 is 0 Å². The van der Waals surface area contributed by atoms with Crippen LogP contribution in [0.2, 0.25) is 0 Å². The van der Waals surface area contributed by atoms with Crippen LogP contribution in [0.15, 0.2) is 22.7 Å². The number of amides is 1. The van der Waals surface area contributed by atoms with Gasteiger partial charge in [0.1, 0.15) is 5.82 Å². The Labute approximate surface area is 122 Å². The van der Waals surface area contributed by atoms with Crippen molar-refractivity contribution in [1.29, 1.82) is 0 Å². The van der Waals surface area contributed by atoms with Gasteiger partial charge in [0, 0.05) is 29.0 Å². The Hall–Kier alpha value is -0.900. The van der Waals surface area contributed by atoms with Crippen LogP contribution < -0.4 is 0 Å². The van der Waals surface area contributed by atoms with E-state index in [2.05, 4.69) is 15.9 Å². The number of carbonyl (C=O) groups is 1. The molecule has 0 heterocycles. The van der Waals surface area contributed by atoms with Gasteiger partial charge < -0.3 is 4.90 Å². The molecule has 0 unspecified atom stereocenters. The van der Waals surface area contributed by atoms with Gasteiger partial charge in [-0.1, -0.05) is 35.7 Å². The molecule has 2 nitrogen and oxygen atoms in total. The predicted molar refractivity (Wildman–Crippen MR) is 77.1 cm³/mol. The second-order valence-corrected chi connectivity index (χ2v) is 6.58. The minimum Gasteiger partial charge on any atom is -0.341 e. The van der Waals surface area contributed by atoms with E-state index in [-0.39, 0.29) is 17.1 Å². The highest BCUT2D eigenvalue weighted by Crippen LogP contribution is 2.39. The predicted octanol–water partition coefficient (Wildman–Crippen LogP) is 4.13. The van der Waals surface area contributed by atoms with Crippen molar-refractivity contribution < 1.29 is 9.18 Å². The summed E-state index contributed by atoms with van der Waals surface area (Å²) >= 11 is 3.33. The lowest BCUT2D eigenvalue weighted by atomic mass is 9.87. The number of carbonyl (C=O) groups excluding carboxylic acids is 1. The average Bonchev–Trinajstić information content (AvgIpc) is 2.81. The first-order chi connectivity index (χ1) is 8.92. The summed E-state index contributed by atoms with van der Waals surface area (Å²) in [5.41, 5.74) is 0.295. The van der Waals surface area contributed by atoms with Crippen molar-refractivity contribution in [1.82, 2.24) is 4.90 Å². The highest BCUT2D eigenvalue weighted by molar-refractivity contribution is 9.10. The highest BCUT2D eigenvalue weighted by Gasteiger charge is 2.38. The molecule has 1 amide bonds.